The molecule has 0 aliphatic heterocycles. The van der Waals surface area contributed by atoms with Gasteiger partial charge in [0, 0.05) is 21.7 Å². The van der Waals surface area contributed by atoms with Crippen LogP contribution in [0.5, 0.6) is 0 Å². The first-order valence-corrected chi connectivity index (χ1v) is 9.99. The lowest BCUT2D eigenvalue weighted by atomic mass is 10.1. The van der Waals surface area contributed by atoms with Gasteiger partial charge in [-0.15, -0.1) is 20.1 Å². The molecule has 0 saturated carbocycles. The normalized spacial score (nSPS) is 12.4. The predicted octanol–water partition coefficient (Wildman–Crippen LogP) is 4.67. The van der Waals surface area contributed by atoms with Crippen LogP contribution in [0.1, 0.15) is 26.7 Å². The molecule has 2 heterocycles. The van der Waals surface area contributed by atoms with E-state index in [1.807, 2.05) is 0 Å². The van der Waals surface area contributed by atoms with Crippen LogP contribution in [0.4, 0.5) is 8.78 Å². The van der Waals surface area contributed by atoms with Crippen LogP contribution in [-0.2, 0) is 16.8 Å². The van der Waals surface area contributed by atoms with Crippen molar-refractivity contribution in [2.75, 3.05) is 0 Å². The zero-order valence-electron chi connectivity index (χ0n) is 13.1. The molecule has 0 fully saturated rings. The molecule has 3 aromatic rings. The lowest BCUT2D eigenvalue weighted by Gasteiger charge is -2.03. The second-order valence-electron chi connectivity index (χ2n) is 5.38. The highest BCUT2D eigenvalue weighted by atomic mass is 79.9. The second kappa shape index (κ2) is 7.11. The Kier molecular flexibility index (Phi) is 5.21. The summed E-state index contributed by atoms with van der Waals surface area (Å²) in [7, 11) is -3.72. The van der Waals surface area contributed by atoms with Crippen molar-refractivity contribution in [3.63, 3.8) is 0 Å². The van der Waals surface area contributed by atoms with Crippen LogP contribution in [-0.4, -0.2) is 16.0 Å². The molecule has 11 heteroatoms. The number of hydrogen-bond acceptors (Lipinski definition) is 5. The van der Waals surface area contributed by atoms with E-state index in [4.69, 9.17) is 9.42 Å². The summed E-state index contributed by atoms with van der Waals surface area (Å²) in [5, 5.41) is 6.79. The number of nitrogens with one attached hydrogen (secondary N) is 1. The summed E-state index contributed by atoms with van der Waals surface area (Å²) in [6, 6.07) is 6.14. The Morgan fingerprint density at radius 3 is 2.81 bits per heavy atom. The molecular formula is C15H11BrF2N2O4PS+. The smallest absolute Gasteiger partial charge is 0.361 e. The van der Waals surface area contributed by atoms with E-state index in [1.165, 1.54) is 18.2 Å². The Morgan fingerprint density at radius 1 is 1.46 bits per heavy atom. The first-order valence-electron chi connectivity index (χ1n) is 7.17. The van der Waals surface area contributed by atoms with Crippen LogP contribution in [0.3, 0.4) is 0 Å². The standard InChI is InChI=1S/C15H10BrF2N2O4PS/c1-7-4-9(20-24-7)6-19-14(21)8-2-3-11-10(5-8)12(16)13(26-11)15(17,18)25(22)23/h2-5H,6H2,1H3,(H-,19,21,22,23)/p+1. The number of aromatic nitrogens is 1. The van der Waals surface area contributed by atoms with Gasteiger partial charge in [0.15, 0.2) is 0 Å². The molecule has 136 valence electrons. The number of carbonyl (C=O) groups is 1. The number of rotatable bonds is 5. The molecule has 1 atom stereocenters. The molecule has 1 unspecified atom stereocenters. The minimum absolute atomic E-state index is 0.00155. The molecule has 0 radical (unpaired) electrons. The average molecular weight is 464 g/mol. The van der Waals surface area contributed by atoms with Gasteiger partial charge < -0.3 is 9.84 Å². The summed E-state index contributed by atoms with van der Waals surface area (Å²) in [6.07, 6.45) is 0. The average Bonchev–Trinajstić information content (AvgIpc) is 3.16. The fourth-order valence-electron chi connectivity index (χ4n) is 2.26. The summed E-state index contributed by atoms with van der Waals surface area (Å²) in [5.74, 6) is 0.209. The number of fused-ring (bicyclic) bond motifs is 1. The maximum absolute atomic E-state index is 13.9. The van der Waals surface area contributed by atoms with E-state index in [0.717, 1.165) is 0 Å². The van der Waals surface area contributed by atoms with Crippen molar-refractivity contribution in [3.05, 3.63) is 50.6 Å². The van der Waals surface area contributed by atoms with E-state index >= 15 is 0 Å². The van der Waals surface area contributed by atoms with Crippen LogP contribution in [0.25, 0.3) is 10.1 Å². The van der Waals surface area contributed by atoms with Crippen molar-refractivity contribution in [1.82, 2.24) is 10.5 Å². The number of halogens is 3. The van der Waals surface area contributed by atoms with E-state index in [-0.39, 0.29) is 16.6 Å². The Bertz CT molecular complexity index is 1020. The molecule has 26 heavy (non-hydrogen) atoms. The number of alkyl halides is 2. The first-order chi connectivity index (χ1) is 12.2. The van der Waals surface area contributed by atoms with E-state index in [2.05, 4.69) is 26.4 Å². The molecule has 0 aliphatic carbocycles. The van der Waals surface area contributed by atoms with Gasteiger partial charge in [0.1, 0.15) is 16.3 Å². The molecule has 0 spiro atoms. The van der Waals surface area contributed by atoms with E-state index < -0.39 is 24.5 Å². The van der Waals surface area contributed by atoms with Gasteiger partial charge in [0.25, 0.3) is 5.91 Å². The van der Waals surface area contributed by atoms with Crippen molar-refractivity contribution in [2.24, 2.45) is 0 Å². The lowest BCUT2D eigenvalue weighted by molar-refractivity contribution is 0.0849. The first kappa shape index (κ1) is 19.0. The number of aryl methyl sites for hydroxylation is 1. The van der Waals surface area contributed by atoms with Crippen LogP contribution in [0, 0.1) is 6.92 Å². The van der Waals surface area contributed by atoms with Gasteiger partial charge in [0.05, 0.1) is 11.0 Å². The summed E-state index contributed by atoms with van der Waals surface area (Å²) >= 11 is 3.75. The number of amides is 1. The number of benzene rings is 1. The fourth-order valence-corrected chi connectivity index (χ4v) is 4.97. The highest BCUT2D eigenvalue weighted by Crippen LogP contribution is 2.54. The largest absolute Gasteiger partial charge is 0.590 e. The third kappa shape index (κ3) is 3.55. The van der Waals surface area contributed by atoms with Crippen LogP contribution in [0.15, 0.2) is 33.3 Å². The number of carbonyl (C=O) groups excluding carboxylic acids is 1. The number of thiophene rings is 1. The molecule has 0 saturated heterocycles. The molecule has 0 bridgehead atoms. The van der Waals surface area contributed by atoms with Gasteiger partial charge in [-0.3, -0.25) is 4.79 Å². The summed E-state index contributed by atoms with van der Waals surface area (Å²) in [6.45, 7) is 1.89. The summed E-state index contributed by atoms with van der Waals surface area (Å²) in [4.78, 5) is 20.6. The van der Waals surface area contributed by atoms with Crippen molar-refractivity contribution in [1.29, 1.82) is 0 Å². The maximum atomic E-state index is 13.9. The van der Waals surface area contributed by atoms with Crippen molar-refractivity contribution in [2.45, 2.75) is 19.1 Å². The van der Waals surface area contributed by atoms with Gasteiger partial charge >= 0.3 is 13.7 Å². The van der Waals surface area contributed by atoms with Gasteiger partial charge in [-0.2, -0.15) is 4.89 Å². The molecule has 1 amide bonds. The van der Waals surface area contributed by atoms with E-state index in [9.17, 15) is 18.1 Å². The van der Waals surface area contributed by atoms with Crippen molar-refractivity contribution >= 4 is 51.3 Å². The van der Waals surface area contributed by atoms with Crippen LogP contribution >= 0.6 is 35.3 Å². The van der Waals surface area contributed by atoms with Gasteiger partial charge in [-0.1, -0.05) is 5.16 Å². The fraction of sp³-hybridized carbons (Fsp3) is 0.200. The van der Waals surface area contributed by atoms with Crippen molar-refractivity contribution < 1.29 is 27.6 Å². The summed E-state index contributed by atoms with van der Waals surface area (Å²) in [5.41, 5.74) is -3.05. The number of nitrogens with zero attached hydrogens (tertiary/aromatic N) is 1. The molecule has 2 N–H and O–H groups in total. The Labute approximate surface area is 159 Å². The van der Waals surface area contributed by atoms with Gasteiger partial charge in [-0.05, 0) is 45.6 Å². The maximum Gasteiger partial charge on any atom is 0.590 e. The van der Waals surface area contributed by atoms with Crippen LogP contribution < -0.4 is 5.32 Å². The Morgan fingerprint density at radius 2 is 2.19 bits per heavy atom. The Hall–Kier alpha value is -1.74. The zero-order valence-corrected chi connectivity index (χ0v) is 16.4. The lowest BCUT2D eigenvalue weighted by Crippen LogP contribution is -2.22. The molecule has 1 aromatic carbocycles. The highest BCUT2D eigenvalue weighted by Gasteiger charge is 2.56. The SMILES string of the molecule is Cc1cc(CNC(=O)c2ccc3sc(C(F)(F)[P+](=O)O)c(Br)c3c2)no1. The quantitative estimate of drug-likeness (QED) is 0.536. The van der Waals surface area contributed by atoms with Gasteiger partial charge in [-0.25, -0.2) is 0 Å². The topological polar surface area (TPSA) is 92.4 Å². The Balaban J connectivity index is 1.88. The van der Waals surface area contributed by atoms with Gasteiger partial charge in [0.2, 0.25) is 0 Å². The summed E-state index contributed by atoms with van der Waals surface area (Å²) < 4.78 is 44.1. The second-order valence-corrected chi connectivity index (χ2v) is 8.33. The molecule has 6 nitrogen and oxygen atoms in total. The minimum Gasteiger partial charge on any atom is -0.361 e. The third-order valence-electron chi connectivity index (χ3n) is 3.51. The number of hydrogen-bond donors (Lipinski definition) is 2. The zero-order chi connectivity index (χ0) is 19.1. The van der Waals surface area contributed by atoms with Crippen LogP contribution in [0.2, 0.25) is 0 Å². The van der Waals surface area contributed by atoms with Crippen molar-refractivity contribution in [3.8, 4) is 0 Å². The predicted molar refractivity (Wildman–Crippen MR) is 95.7 cm³/mol. The third-order valence-corrected chi connectivity index (χ3v) is 6.69. The highest BCUT2D eigenvalue weighted by molar-refractivity contribution is 9.10. The molecular weight excluding hydrogens is 453 g/mol. The van der Waals surface area contributed by atoms with E-state index in [0.29, 0.717) is 32.9 Å². The molecule has 2 aromatic heterocycles. The molecule has 0 aliphatic rings. The minimum atomic E-state index is -3.87. The molecule has 3 rings (SSSR count). The van der Waals surface area contributed by atoms with E-state index in [1.54, 1.807) is 13.0 Å². The monoisotopic (exact) mass is 463 g/mol.